The fourth-order valence-electron chi connectivity index (χ4n) is 2.08. The van der Waals surface area contributed by atoms with Crippen LogP contribution >= 0.6 is 0 Å². The SMILES string of the molecule is C=CCOc1ccc(C(=O)Nc2ccc3[nH]ncc3c2)cc1. The molecule has 2 aromatic carbocycles. The van der Waals surface area contributed by atoms with E-state index in [9.17, 15) is 4.79 Å². The zero-order chi connectivity index (χ0) is 15.4. The van der Waals surface area contributed by atoms with Gasteiger partial charge in [-0.15, -0.1) is 0 Å². The Bertz CT molecular complexity index is 806. The monoisotopic (exact) mass is 293 g/mol. The number of hydrogen-bond donors (Lipinski definition) is 2. The number of amides is 1. The van der Waals surface area contributed by atoms with Crippen molar-refractivity contribution in [2.24, 2.45) is 0 Å². The molecular weight excluding hydrogens is 278 g/mol. The molecule has 0 atom stereocenters. The molecule has 0 aliphatic carbocycles. The highest BCUT2D eigenvalue weighted by Gasteiger charge is 2.07. The second-order valence-corrected chi connectivity index (χ2v) is 4.75. The number of aromatic amines is 1. The van der Waals surface area contributed by atoms with E-state index in [1.807, 2.05) is 18.2 Å². The quantitative estimate of drug-likeness (QED) is 0.709. The topological polar surface area (TPSA) is 67.0 Å². The third-order valence-electron chi connectivity index (χ3n) is 3.18. The Balaban J connectivity index is 1.71. The smallest absolute Gasteiger partial charge is 0.255 e. The Morgan fingerprint density at radius 2 is 2.09 bits per heavy atom. The molecule has 3 rings (SSSR count). The number of carbonyl (C=O) groups is 1. The molecule has 0 saturated heterocycles. The fraction of sp³-hybridized carbons (Fsp3) is 0.0588. The maximum absolute atomic E-state index is 12.2. The van der Waals surface area contributed by atoms with Crippen LogP contribution < -0.4 is 10.1 Å². The summed E-state index contributed by atoms with van der Waals surface area (Å²) in [7, 11) is 0. The first-order chi connectivity index (χ1) is 10.8. The molecule has 22 heavy (non-hydrogen) atoms. The number of nitrogens with zero attached hydrogens (tertiary/aromatic N) is 1. The molecule has 0 unspecified atom stereocenters. The molecule has 0 bridgehead atoms. The Morgan fingerprint density at radius 1 is 1.27 bits per heavy atom. The summed E-state index contributed by atoms with van der Waals surface area (Å²) in [6.07, 6.45) is 3.39. The molecule has 1 amide bonds. The largest absolute Gasteiger partial charge is 0.490 e. The molecule has 110 valence electrons. The minimum atomic E-state index is -0.168. The minimum absolute atomic E-state index is 0.168. The predicted molar refractivity (Wildman–Crippen MR) is 86.2 cm³/mol. The number of hydrogen-bond acceptors (Lipinski definition) is 3. The van der Waals surface area contributed by atoms with Gasteiger partial charge in [0.25, 0.3) is 5.91 Å². The molecule has 0 aliphatic heterocycles. The molecule has 5 heteroatoms. The highest BCUT2D eigenvalue weighted by Crippen LogP contribution is 2.18. The summed E-state index contributed by atoms with van der Waals surface area (Å²) in [4.78, 5) is 12.2. The number of aromatic nitrogens is 2. The van der Waals surface area contributed by atoms with Crippen molar-refractivity contribution in [3.05, 3.63) is 66.9 Å². The summed E-state index contributed by atoms with van der Waals surface area (Å²) in [5.74, 6) is 0.536. The van der Waals surface area contributed by atoms with Crippen molar-refractivity contribution in [3.8, 4) is 5.75 Å². The van der Waals surface area contributed by atoms with Gasteiger partial charge in [0.15, 0.2) is 0 Å². The molecule has 0 radical (unpaired) electrons. The van der Waals surface area contributed by atoms with E-state index < -0.39 is 0 Å². The number of H-pyrrole nitrogens is 1. The van der Waals surface area contributed by atoms with Crippen molar-refractivity contribution >= 4 is 22.5 Å². The zero-order valence-electron chi connectivity index (χ0n) is 11.9. The first kappa shape index (κ1) is 13.9. The van der Waals surface area contributed by atoms with E-state index in [-0.39, 0.29) is 5.91 Å². The molecule has 1 heterocycles. The van der Waals surface area contributed by atoms with Crippen molar-refractivity contribution in [2.45, 2.75) is 0 Å². The van der Waals surface area contributed by atoms with Crippen molar-refractivity contribution in [3.63, 3.8) is 0 Å². The lowest BCUT2D eigenvalue weighted by Gasteiger charge is -2.07. The second-order valence-electron chi connectivity index (χ2n) is 4.75. The Hall–Kier alpha value is -3.08. The first-order valence-electron chi connectivity index (χ1n) is 6.84. The summed E-state index contributed by atoms with van der Waals surface area (Å²) in [6.45, 7) is 4.03. The van der Waals surface area contributed by atoms with Crippen LogP contribution in [0.1, 0.15) is 10.4 Å². The van der Waals surface area contributed by atoms with Gasteiger partial charge in [-0.1, -0.05) is 12.7 Å². The van der Waals surface area contributed by atoms with E-state index in [1.165, 1.54) is 0 Å². The third kappa shape index (κ3) is 2.98. The van der Waals surface area contributed by atoms with Gasteiger partial charge < -0.3 is 10.1 Å². The molecular formula is C17H15N3O2. The Labute approximate surface area is 127 Å². The van der Waals surface area contributed by atoms with Gasteiger partial charge in [0.2, 0.25) is 0 Å². The summed E-state index contributed by atoms with van der Waals surface area (Å²) in [6, 6.07) is 12.6. The average molecular weight is 293 g/mol. The zero-order valence-corrected chi connectivity index (χ0v) is 11.9. The third-order valence-corrected chi connectivity index (χ3v) is 3.18. The van der Waals surface area contributed by atoms with Crippen LogP contribution in [-0.2, 0) is 0 Å². The molecule has 5 nitrogen and oxygen atoms in total. The Morgan fingerprint density at radius 3 is 2.86 bits per heavy atom. The van der Waals surface area contributed by atoms with E-state index in [4.69, 9.17) is 4.74 Å². The number of ether oxygens (including phenoxy) is 1. The minimum Gasteiger partial charge on any atom is -0.490 e. The van der Waals surface area contributed by atoms with E-state index in [2.05, 4.69) is 22.1 Å². The number of benzene rings is 2. The van der Waals surface area contributed by atoms with Crippen LogP contribution in [-0.4, -0.2) is 22.7 Å². The molecule has 2 N–H and O–H groups in total. The summed E-state index contributed by atoms with van der Waals surface area (Å²) < 4.78 is 5.39. The maximum Gasteiger partial charge on any atom is 0.255 e. The molecule has 0 aliphatic rings. The highest BCUT2D eigenvalue weighted by molar-refractivity contribution is 6.05. The van der Waals surface area contributed by atoms with Crippen LogP contribution in [0.2, 0.25) is 0 Å². The molecule has 0 spiro atoms. The van der Waals surface area contributed by atoms with Crippen molar-refractivity contribution in [1.29, 1.82) is 0 Å². The number of carbonyl (C=O) groups excluding carboxylic acids is 1. The first-order valence-corrected chi connectivity index (χ1v) is 6.84. The normalized spacial score (nSPS) is 10.4. The molecule has 3 aromatic rings. The number of nitrogens with one attached hydrogen (secondary N) is 2. The van der Waals surface area contributed by atoms with Gasteiger partial charge >= 0.3 is 0 Å². The second kappa shape index (κ2) is 6.13. The highest BCUT2D eigenvalue weighted by atomic mass is 16.5. The van der Waals surface area contributed by atoms with Crippen molar-refractivity contribution in [2.75, 3.05) is 11.9 Å². The van der Waals surface area contributed by atoms with Crippen LogP contribution in [0.5, 0.6) is 5.75 Å². The number of rotatable bonds is 5. The standard InChI is InChI=1S/C17H15N3O2/c1-2-9-22-15-6-3-12(4-7-15)17(21)19-14-5-8-16-13(10-14)11-18-20-16/h2-8,10-11H,1,9H2,(H,18,20)(H,19,21). The lowest BCUT2D eigenvalue weighted by Crippen LogP contribution is -2.11. The van der Waals surface area contributed by atoms with E-state index in [0.717, 1.165) is 16.6 Å². The fourth-order valence-corrected chi connectivity index (χ4v) is 2.08. The summed E-state index contributed by atoms with van der Waals surface area (Å²) in [5.41, 5.74) is 2.23. The van der Waals surface area contributed by atoms with E-state index >= 15 is 0 Å². The van der Waals surface area contributed by atoms with Gasteiger partial charge in [-0.25, -0.2) is 0 Å². The molecule has 0 fully saturated rings. The number of anilines is 1. The van der Waals surface area contributed by atoms with Crippen LogP contribution in [0.15, 0.2) is 61.3 Å². The molecule has 1 aromatic heterocycles. The van der Waals surface area contributed by atoms with Crippen LogP contribution in [0.4, 0.5) is 5.69 Å². The van der Waals surface area contributed by atoms with Gasteiger partial charge in [0.05, 0.1) is 11.7 Å². The lowest BCUT2D eigenvalue weighted by molar-refractivity contribution is 0.102. The van der Waals surface area contributed by atoms with Gasteiger partial charge in [-0.05, 0) is 42.5 Å². The molecule has 0 saturated carbocycles. The Kier molecular flexibility index (Phi) is 3.87. The number of fused-ring (bicyclic) bond motifs is 1. The van der Waals surface area contributed by atoms with Crippen molar-refractivity contribution in [1.82, 2.24) is 10.2 Å². The van der Waals surface area contributed by atoms with E-state index in [0.29, 0.717) is 17.9 Å². The van der Waals surface area contributed by atoms with Crippen LogP contribution in [0.3, 0.4) is 0 Å². The van der Waals surface area contributed by atoms with Gasteiger partial charge in [0.1, 0.15) is 12.4 Å². The summed E-state index contributed by atoms with van der Waals surface area (Å²) >= 11 is 0. The average Bonchev–Trinajstić information content (AvgIpc) is 3.01. The van der Waals surface area contributed by atoms with Gasteiger partial charge in [-0.2, -0.15) is 5.10 Å². The van der Waals surface area contributed by atoms with Crippen LogP contribution in [0, 0.1) is 0 Å². The maximum atomic E-state index is 12.2. The van der Waals surface area contributed by atoms with Crippen LogP contribution in [0.25, 0.3) is 10.9 Å². The predicted octanol–water partition coefficient (Wildman–Crippen LogP) is 3.38. The lowest BCUT2D eigenvalue weighted by atomic mass is 10.2. The van der Waals surface area contributed by atoms with Crippen molar-refractivity contribution < 1.29 is 9.53 Å². The van der Waals surface area contributed by atoms with E-state index in [1.54, 1.807) is 36.5 Å². The summed E-state index contributed by atoms with van der Waals surface area (Å²) in [5, 5.41) is 10.6. The van der Waals surface area contributed by atoms with Gasteiger partial charge in [-0.3, -0.25) is 9.89 Å². The van der Waals surface area contributed by atoms with Gasteiger partial charge in [0, 0.05) is 16.6 Å².